The highest BCUT2D eigenvalue weighted by Gasteiger charge is 2.10. The third-order valence-corrected chi connectivity index (χ3v) is 11.8. The number of hydrogen-bond donors (Lipinski definition) is 0. The van der Waals surface area contributed by atoms with Gasteiger partial charge in [0.25, 0.3) is 0 Å². The summed E-state index contributed by atoms with van der Waals surface area (Å²) >= 11 is 0. The van der Waals surface area contributed by atoms with E-state index in [9.17, 15) is 9.59 Å². The van der Waals surface area contributed by atoms with Crippen LogP contribution in [0.25, 0.3) is 0 Å². The maximum Gasteiger partial charge on any atom is 0.306 e. The number of nitrogens with zero attached hydrogens (tertiary/aromatic N) is 1. The van der Waals surface area contributed by atoms with Crippen molar-refractivity contribution in [1.82, 2.24) is 4.90 Å². The van der Waals surface area contributed by atoms with Crippen LogP contribution >= 0.6 is 7.92 Å². The number of allylic oxidation sites excluding steroid dienone is 2. The second kappa shape index (κ2) is 35.6. The largest absolute Gasteiger partial charge is 0.458 e. The van der Waals surface area contributed by atoms with Crippen LogP contribution in [0.4, 0.5) is 0 Å². The van der Waals surface area contributed by atoms with Gasteiger partial charge in [-0.05, 0) is 129 Å². The van der Waals surface area contributed by atoms with Crippen molar-refractivity contribution in [2.45, 2.75) is 194 Å². The normalized spacial score (nSPS) is 13.8. The number of rotatable bonds is 35. The Kier molecular flexibility index (Phi) is 34.7. The maximum atomic E-state index is 12.2. The first kappa shape index (κ1) is 46.8. The first-order valence-electron chi connectivity index (χ1n) is 20.4. The smallest absolute Gasteiger partial charge is 0.306 e. The number of carbonyl (C=O) groups excluding carboxylic acids is 2. The summed E-state index contributed by atoms with van der Waals surface area (Å²) in [5.74, 6) is -0.102. The van der Waals surface area contributed by atoms with Crippen LogP contribution in [-0.4, -0.2) is 68.2 Å². The SMILES string of the molecule is CCCCCCC=CC(C)OC(=O)CCCCCCCP(CCCCCCCC(=O)OC(C)C=CCCCCCC)CCCCN(C)C. The predicted octanol–water partition coefficient (Wildman–Crippen LogP) is 12.4. The van der Waals surface area contributed by atoms with E-state index in [0.717, 1.165) is 38.5 Å². The molecule has 0 aromatic rings. The van der Waals surface area contributed by atoms with Crippen LogP contribution in [0.2, 0.25) is 0 Å². The van der Waals surface area contributed by atoms with Crippen molar-refractivity contribution >= 4 is 19.9 Å². The van der Waals surface area contributed by atoms with E-state index in [2.05, 4.69) is 45.0 Å². The van der Waals surface area contributed by atoms with Crippen molar-refractivity contribution in [2.24, 2.45) is 0 Å². The van der Waals surface area contributed by atoms with Crippen molar-refractivity contribution in [1.29, 1.82) is 0 Å². The highest BCUT2D eigenvalue weighted by molar-refractivity contribution is 7.57. The van der Waals surface area contributed by atoms with Gasteiger partial charge in [-0.1, -0.05) is 103 Å². The van der Waals surface area contributed by atoms with E-state index in [1.165, 1.54) is 128 Å². The molecule has 0 aromatic carbocycles. The van der Waals surface area contributed by atoms with Gasteiger partial charge >= 0.3 is 11.9 Å². The van der Waals surface area contributed by atoms with Crippen molar-refractivity contribution in [3.63, 3.8) is 0 Å². The van der Waals surface area contributed by atoms with Gasteiger partial charge in [0, 0.05) is 12.8 Å². The molecule has 0 aliphatic carbocycles. The van der Waals surface area contributed by atoms with Gasteiger partial charge in [0.1, 0.15) is 12.2 Å². The lowest BCUT2D eigenvalue weighted by Crippen LogP contribution is -2.13. The van der Waals surface area contributed by atoms with Gasteiger partial charge in [0.2, 0.25) is 0 Å². The Morgan fingerprint density at radius 1 is 0.542 bits per heavy atom. The van der Waals surface area contributed by atoms with Crippen molar-refractivity contribution in [3.8, 4) is 0 Å². The molecule has 5 nitrogen and oxygen atoms in total. The Balaban J connectivity index is 4.07. The minimum atomic E-state index is -0.115. The average molecular weight is 694 g/mol. The third kappa shape index (κ3) is 34.7. The van der Waals surface area contributed by atoms with Crippen molar-refractivity contribution in [3.05, 3.63) is 24.3 Å². The molecule has 2 unspecified atom stereocenters. The first-order valence-corrected chi connectivity index (χ1v) is 22.3. The fraction of sp³-hybridized carbons (Fsp3) is 0.857. The van der Waals surface area contributed by atoms with Gasteiger partial charge in [0.05, 0.1) is 0 Å². The number of hydrogen-bond acceptors (Lipinski definition) is 5. The van der Waals surface area contributed by atoms with Crippen LogP contribution in [-0.2, 0) is 19.1 Å². The molecule has 0 saturated carbocycles. The van der Waals surface area contributed by atoms with Crippen LogP contribution in [0.15, 0.2) is 24.3 Å². The van der Waals surface area contributed by atoms with Gasteiger partial charge in [-0.2, -0.15) is 0 Å². The number of esters is 2. The Morgan fingerprint density at radius 2 is 0.917 bits per heavy atom. The molecule has 0 aromatic heterocycles. The topological polar surface area (TPSA) is 55.8 Å². The zero-order valence-corrected chi connectivity index (χ0v) is 33.7. The van der Waals surface area contributed by atoms with Gasteiger partial charge in [-0.15, -0.1) is 7.92 Å². The molecule has 0 bridgehead atoms. The lowest BCUT2D eigenvalue weighted by atomic mass is 10.1. The fourth-order valence-corrected chi connectivity index (χ4v) is 8.62. The summed E-state index contributed by atoms with van der Waals surface area (Å²) in [6.07, 6.45) is 40.3. The van der Waals surface area contributed by atoms with Gasteiger partial charge in [0.15, 0.2) is 0 Å². The molecule has 0 rings (SSSR count). The molecular formula is C42H80NO4P. The average Bonchev–Trinajstić information content (AvgIpc) is 3.04. The lowest BCUT2D eigenvalue weighted by Gasteiger charge is -2.18. The summed E-state index contributed by atoms with van der Waals surface area (Å²) in [6, 6.07) is 0. The predicted molar refractivity (Wildman–Crippen MR) is 212 cm³/mol. The Labute approximate surface area is 300 Å². The van der Waals surface area contributed by atoms with E-state index in [0.29, 0.717) is 12.8 Å². The summed E-state index contributed by atoms with van der Waals surface area (Å²) in [5.41, 5.74) is 0. The Hall–Kier alpha value is -1.19. The third-order valence-electron chi connectivity index (χ3n) is 8.94. The summed E-state index contributed by atoms with van der Waals surface area (Å²) in [7, 11) is 4.46. The number of unbranched alkanes of at least 4 members (excludes halogenated alkanes) is 17. The van der Waals surface area contributed by atoms with E-state index in [4.69, 9.17) is 9.47 Å². The molecule has 0 spiro atoms. The molecule has 0 radical (unpaired) electrons. The van der Waals surface area contributed by atoms with Gasteiger partial charge < -0.3 is 14.4 Å². The highest BCUT2D eigenvalue weighted by atomic mass is 31.1. The molecule has 48 heavy (non-hydrogen) atoms. The fourth-order valence-electron chi connectivity index (χ4n) is 5.93. The first-order chi connectivity index (χ1) is 23.3. The molecule has 0 amide bonds. The number of ether oxygens (including phenoxy) is 2. The molecule has 0 N–H and O–H groups in total. The molecule has 2 atom stereocenters. The molecule has 282 valence electrons. The van der Waals surface area contributed by atoms with Crippen LogP contribution < -0.4 is 0 Å². The Morgan fingerprint density at radius 3 is 1.33 bits per heavy atom. The molecule has 0 heterocycles. The second-order valence-corrected chi connectivity index (χ2v) is 17.0. The van der Waals surface area contributed by atoms with Crippen molar-refractivity contribution in [2.75, 3.05) is 39.1 Å². The molecule has 0 aliphatic heterocycles. The van der Waals surface area contributed by atoms with Gasteiger partial charge in [-0.25, -0.2) is 0 Å². The minimum Gasteiger partial charge on any atom is -0.458 e. The summed E-state index contributed by atoms with van der Waals surface area (Å²) in [5, 5.41) is 0. The quantitative estimate of drug-likeness (QED) is 0.0286. The molecule has 0 fully saturated rings. The van der Waals surface area contributed by atoms with E-state index < -0.39 is 0 Å². The number of carbonyl (C=O) groups is 2. The monoisotopic (exact) mass is 694 g/mol. The zero-order valence-electron chi connectivity index (χ0n) is 32.8. The van der Waals surface area contributed by atoms with Crippen molar-refractivity contribution < 1.29 is 19.1 Å². The van der Waals surface area contributed by atoms with Crippen LogP contribution in [0.3, 0.4) is 0 Å². The molecular weight excluding hydrogens is 613 g/mol. The van der Waals surface area contributed by atoms with E-state index in [1.54, 1.807) is 0 Å². The molecule has 0 saturated heterocycles. The summed E-state index contributed by atoms with van der Waals surface area (Å²) in [6.45, 7) is 9.59. The zero-order chi connectivity index (χ0) is 35.5. The molecule has 0 aliphatic rings. The minimum absolute atomic E-state index is 0.0508. The second-order valence-electron chi connectivity index (χ2n) is 14.3. The molecule has 6 heteroatoms. The van der Waals surface area contributed by atoms with E-state index in [1.807, 2.05) is 26.0 Å². The summed E-state index contributed by atoms with van der Waals surface area (Å²) in [4.78, 5) is 26.7. The standard InChI is InChI=1S/C42H80NO4P/c1-7-9-11-13-17-23-31-39(3)46-41(44)33-25-19-15-21-28-36-48(38-30-27-35-43(5)6)37-29-22-16-20-26-34-42(45)47-40(4)32-24-18-14-12-10-8-2/h23-24,31-32,39-40H,7-22,25-30,33-38H2,1-6H3. The lowest BCUT2D eigenvalue weighted by molar-refractivity contribution is -0.147. The maximum absolute atomic E-state index is 12.2. The van der Waals surface area contributed by atoms with E-state index >= 15 is 0 Å². The van der Waals surface area contributed by atoms with Gasteiger partial charge in [-0.3, -0.25) is 9.59 Å². The van der Waals surface area contributed by atoms with Crippen LogP contribution in [0.1, 0.15) is 182 Å². The summed E-state index contributed by atoms with van der Waals surface area (Å²) < 4.78 is 11.1. The highest BCUT2D eigenvalue weighted by Crippen LogP contribution is 2.39. The van der Waals surface area contributed by atoms with E-state index in [-0.39, 0.29) is 32.1 Å². The van der Waals surface area contributed by atoms with Crippen LogP contribution in [0, 0.1) is 0 Å². The Bertz CT molecular complexity index is 728. The van der Waals surface area contributed by atoms with Crippen LogP contribution in [0.5, 0.6) is 0 Å².